The van der Waals surface area contributed by atoms with Crippen LogP contribution in [0, 0.1) is 0 Å². The number of hydrogen-bond acceptors (Lipinski definition) is 3. The lowest BCUT2D eigenvalue weighted by Gasteiger charge is -2.25. The maximum atomic E-state index is 13.3. The second-order valence-corrected chi connectivity index (χ2v) is 7.38. The smallest absolute Gasteiger partial charge is 0.416 e. The minimum absolute atomic E-state index is 0.245. The summed E-state index contributed by atoms with van der Waals surface area (Å²) in [5.74, 6) is 0.709. The van der Waals surface area contributed by atoms with Crippen molar-refractivity contribution in [2.45, 2.75) is 18.6 Å². The minimum Gasteiger partial charge on any atom is -0.497 e. The van der Waals surface area contributed by atoms with Crippen molar-refractivity contribution in [1.29, 1.82) is 0 Å². The lowest BCUT2D eigenvalue weighted by molar-refractivity contribution is -0.137. The highest BCUT2D eigenvalue weighted by atomic mass is 35.5. The Balaban J connectivity index is 1.76. The van der Waals surface area contributed by atoms with Gasteiger partial charge >= 0.3 is 6.18 Å². The van der Waals surface area contributed by atoms with Gasteiger partial charge in [0.1, 0.15) is 5.75 Å². The van der Waals surface area contributed by atoms with Gasteiger partial charge < -0.3 is 4.74 Å². The Morgan fingerprint density at radius 1 is 1.00 bits per heavy atom. The summed E-state index contributed by atoms with van der Waals surface area (Å²) >= 11 is 5.99. The molecule has 154 valence electrons. The van der Waals surface area contributed by atoms with Gasteiger partial charge in [0, 0.05) is 11.4 Å². The van der Waals surface area contributed by atoms with Gasteiger partial charge in [-0.15, -0.1) is 0 Å². The highest BCUT2D eigenvalue weighted by Crippen LogP contribution is 2.39. The monoisotopic (exact) mass is 430 g/mol. The summed E-state index contributed by atoms with van der Waals surface area (Å²) in [6.45, 7) is 0. The van der Waals surface area contributed by atoms with Gasteiger partial charge in [-0.05, 0) is 53.6 Å². The van der Waals surface area contributed by atoms with Gasteiger partial charge in [0.25, 0.3) is 0 Å². The molecular weight excluding hydrogens is 413 g/mol. The fourth-order valence-electron chi connectivity index (χ4n) is 3.48. The summed E-state index contributed by atoms with van der Waals surface area (Å²) in [6.07, 6.45) is -3.88. The maximum absolute atomic E-state index is 13.3. The molecule has 0 amide bonds. The summed E-state index contributed by atoms with van der Waals surface area (Å²) < 4.78 is 45.0. The maximum Gasteiger partial charge on any atom is 0.416 e. The van der Waals surface area contributed by atoms with E-state index in [1.54, 1.807) is 30.3 Å². The number of hydrogen-bond donors (Lipinski definition) is 0. The molecule has 3 nitrogen and oxygen atoms in total. The molecule has 4 rings (SSSR count). The molecule has 0 N–H and O–H groups in total. The molecule has 1 aliphatic heterocycles. The van der Waals surface area contributed by atoms with Crippen molar-refractivity contribution in [1.82, 2.24) is 0 Å². The van der Waals surface area contributed by atoms with Crippen molar-refractivity contribution < 1.29 is 17.9 Å². The summed E-state index contributed by atoms with van der Waals surface area (Å²) in [4.78, 5) is 0. The van der Waals surface area contributed by atoms with Gasteiger partial charge in [-0.3, -0.25) is 5.01 Å². The summed E-state index contributed by atoms with van der Waals surface area (Å²) in [7, 11) is 1.58. The highest BCUT2D eigenvalue weighted by Gasteiger charge is 2.34. The van der Waals surface area contributed by atoms with E-state index in [0.29, 0.717) is 22.9 Å². The molecule has 0 fully saturated rings. The van der Waals surface area contributed by atoms with Crippen molar-refractivity contribution in [3.63, 3.8) is 0 Å². The zero-order valence-electron chi connectivity index (χ0n) is 16.0. The largest absolute Gasteiger partial charge is 0.497 e. The van der Waals surface area contributed by atoms with E-state index in [2.05, 4.69) is 0 Å². The van der Waals surface area contributed by atoms with E-state index in [9.17, 15) is 13.2 Å². The molecule has 0 spiro atoms. The molecule has 0 saturated heterocycles. The average molecular weight is 431 g/mol. The van der Waals surface area contributed by atoms with E-state index in [-0.39, 0.29) is 6.04 Å². The molecule has 1 aliphatic rings. The normalized spacial score (nSPS) is 16.5. The van der Waals surface area contributed by atoms with E-state index in [1.807, 2.05) is 36.4 Å². The predicted molar refractivity (Wildman–Crippen MR) is 112 cm³/mol. The van der Waals surface area contributed by atoms with E-state index in [1.165, 1.54) is 6.07 Å². The Labute approximate surface area is 177 Å². The van der Waals surface area contributed by atoms with E-state index in [0.717, 1.165) is 29.0 Å². The van der Waals surface area contributed by atoms with Crippen molar-refractivity contribution in [3.8, 4) is 5.75 Å². The van der Waals surface area contributed by atoms with Gasteiger partial charge in [-0.25, -0.2) is 0 Å². The average Bonchev–Trinajstić information content (AvgIpc) is 3.19. The zero-order chi connectivity index (χ0) is 21.3. The summed E-state index contributed by atoms with van der Waals surface area (Å²) in [5, 5.41) is 6.95. The first-order valence-electron chi connectivity index (χ1n) is 9.29. The lowest BCUT2D eigenvalue weighted by atomic mass is 9.98. The third-order valence-corrected chi connectivity index (χ3v) is 5.28. The zero-order valence-corrected chi connectivity index (χ0v) is 16.8. The fourth-order valence-corrected chi connectivity index (χ4v) is 3.60. The van der Waals surface area contributed by atoms with Crippen LogP contribution in [-0.4, -0.2) is 12.8 Å². The van der Waals surface area contributed by atoms with Gasteiger partial charge in [0.05, 0.1) is 30.1 Å². The number of halogens is 4. The van der Waals surface area contributed by atoms with Crippen LogP contribution in [0.4, 0.5) is 18.9 Å². The molecule has 1 heterocycles. The number of nitrogens with zero attached hydrogens (tertiary/aromatic N) is 2. The van der Waals surface area contributed by atoms with Crippen LogP contribution in [0.1, 0.15) is 29.2 Å². The Kier molecular flexibility index (Phi) is 5.43. The molecule has 0 aromatic heterocycles. The van der Waals surface area contributed by atoms with Gasteiger partial charge in [-0.2, -0.15) is 18.3 Å². The van der Waals surface area contributed by atoms with Crippen molar-refractivity contribution in [3.05, 3.63) is 94.5 Å². The standard InChI is InChI=1S/C23H18ClF3N2O/c1-30-20-11-7-16(8-12-20)22-14-21(15-5-9-18(24)10-6-15)28-29(22)19-4-2-3-17(13-19)23(25,26)27/h2-13,22H,14H2,1H3/t22-/m1/s1. The molecule has 3 aromatic rings. The molecular formula is C23H18ClF3N2O. The van der Waals surface area contributed by atoms with Crippen LogP contribution in [0.25, 0.3) is 0 Å². The minimum atomic E-state index is -4.42. The van der Waals surface area contributed by atoms with Gasteiger partial charge in [0.2, 0.25) is 0 Å². The van der Waals surface area contributed by atoms with Crippen LogP contribution in [0.5, 0.6) is 5.75 Å². The molecule has 7 heteroatoms. The number of benzene rings is 3. The third-order valence-electron chi connectivity index (χ3n) is 5.03. The number of anilines is 1. The quantitative estimate of drug-likeness (QED) is 0.458. The Bertz CT molecular complexity index is 1060. The molecule has 0 saturated carbocycles. The van der Waals surface area contributed by atoms with Gasteiger partial charge in [-0.1, -0.05) is 41.9 Å². The van der Waals surface area contributed by atoms with Crippen LogP contribution in [0.2, 0.25) is 5.02 Å². The third kappa shape index (κ3) is 4.14. The van der Waals surface area contributed by atoms with Gasteiger partial charge in [0.15, 0.2) is 0 Å². The van der Waals surface area contributed by atoms with Crippen molar-refractivity contribution >= 4 is 23.0 Å². The number of hydrazone groups is 1. The predicted octanol–water partition coefficient (Wildman–Crippen LogP) is 6.72. The van der Waals surface area contributed by atoms with Crippen LogP contribution in [0.15, 0.2) is 77.9 Å². The number of alkyl halides is 3. The van der Waals surface area contributed by atoms with Crippen LogP contribution in [-0.2, 0) is 6.18 Å². The molecule has 0 unspecified atom stereocenters. The Hall–Kier alpha value is -2.99. The van der Waals surface area contributed by atoms with Crippen molar-refractivity contribution in [2.75, 3.05) is 12.1 Å². The molecule has 0 radical (unpaired) electrons. The Morgan fingerprint density at radius 3 is 2.33 bits per heavy atom. The number of ether oxygens (including phenoxy) is 1. The lowest BCUT2D eigenvalue weighted by Crippen LogP contribution is -2.19. The molecule has 0 aliphatic carbocycles. The molecule has 30 heavy (non-hydrogen) atoms. The topological polar surface area (TPSA) is 24.8 Å². The fraction of sp³-hybridized carbons (Fsp3) is 0.174. The SMILES string of the molecule is COc1ccc([C@H]2CC(c3ccc(Cl)cc3)=NN2c2cccc(C(F)(F)F)c2)cc1. The first-order chi connectivity index (χ1) is 14.3. The first kappa shape index (κ1) is 20.3. The summed E-state index contributed by atoms with van der Waals surface area (Å²) in [5.41, 5.74) is 2.27. The highest BCUT2D eigenvalue weighted by molar-refractivity contribution is 6.30. The molecule has 1 atom stereocenters. The van der Waals surface area contributed by atoms with Crippen LogP contribution in [0.3, 0.4) is 0 Å². The van der Waals surface area contributed by atoms with Crippen LogP contribution < -0.4 is 9.75 Å². The molecule has 3 aromatic carbocycles. The number of rotatable bonds is 4. The van der Waals surface area contributed by atoms with Crippen molar-refractivity contribution in [2.24, 2.45) is 5.10 Å². The Morgan fingerprint density at radius 2 is 1.70 bits per heavy atom. The molecule has 0 bridgehead atoms. The second kappa shape index (κ2) is 8.03. The van der Waals surface area contributed by atoms with Crippen LogP contribution >= 0.6 is 11.6 Å². The second-order valence-electron chi connectivity index (χ2n) is 6.94. The summed E-state index contributed by atoms with van der Waals surface area (Å²) in [6, 6.07) is 19.7. The number of methoxy groups -OCH3 is 1. The van der Waals surface area contributed by atoms with E-state index in [4.69, 9.17) is 21.4 Å². The van der Waals surface area contributed by atoms with E-state index < -0.39 is 11.7 Å². The first-order valence-corrected chi connectivity index (χ1v) is 9.67. The van der Waals surface area contributed by atoms with E-state index >= 15 is 0 Å².